The molecule has 1 aromatic carbocycles. The van der Waals surface area contributed by atoms with Gasteiger partial charge in [0, 0.05) is 13.0 Å². The van der Waals surface area contributed by atoms with Crippen LogP contribution < -0.4 is 11.1 Å². The minimum atomic E-state index is -0.187. The lowest BCUT2D eigenvalue weighted by Crippen LogP contribution is -2.16. The van der Waals surface area contributed by atoms with Crippen LogP contribution in [0.3, 0.4) is 0 Å². The van der Waals surface area contributed by atoms with Gasteiger partial charge in [-0.25, -0.2) is 0 Å². The summed E-state index contributed by atoms with van der Waals surface area (Å²) in [6.45, 7) is 2.08. The van der Waals surface area contributed by atoms with E-state index >= 15 is 0 Å². The van der Waals surface area contributed by atoms with Crippen LogP contribution in [0.4, 0.5) is 5.69 Å². The summed E-state index contributed by atoms with van der Waals surface area (Å²) in [6.07, 6.45) is 0.257. The molecule has 4 N–H and O–H groups in total. The predicted octanol–water partition coefficient (Wildman–Crippen LogP) is 0.988. The van der Waals surface area contributed by atoms with E-state index in [-0.39, 0.29) is 18.1 Å². The van der Waals surface area contributed by atoms with E-state index in [2.05, 4.69) is 5.32 Å². The molecule has 0 radical (unpaired) electrons. The average Bonchev–Trinajstić information content (AvgIpc) is 2.13. The molecule has 0 bridgehead atoms. The number of carbonyl (C=O) groups is 1. The largest absolute Gasteiger partial charge is 0.505 e. The number of carbonyl (C=O) groups excluding carboxylic acids is 1. The van der Waals surface area contributed by atoms with Crippen molar-refractivity contribution in [3.05, 3.63) is 23.8 Å². The van der Waals surface area contributed by atoms with Crippen LogP contribution in [0, 0.1) is 6.92 Å². The molecule has 1 amide bonds. The van der Waals surface area contributed by atoms with Gasteiger partial charge in [-0.1, -0.05) is 12.1 Å². The molecule has 0 aliphatic rings. The molecule has 0 saturated heterocycles. The SMILES string of the molecule is Cc1cccc(NC(=O)CCN)c1O. The zero-order valence-electron chi connectivity index (χ0n) is 8.08. The van der Waals surface area contributed by atoms with Crippen molar-refractivity contribution in [2.75, 3.05) is 11.9 Å². The Morgan fingerprint density at radius 1 is 1.57 bits per heavy atom. The normalized spacial score (nSPS) is 9.86. The summed E-state index contributed by atoms with van der Waals surface area (Å²) >= 11 is 0. The van der Waals surface area contributed by atoms with Crippen molar-refractivity contribution >= 4 is 11.6 Å². The van der Waals surface area contributed by atoms with Crippen LogP contribution >= 0.6 is 0 Å². The molecule has 0 fully saturated rings. The molecule has 1 aromatic rings. The standard InChI is InChI=1S/C10H14N2O2/c1-7-3-2-4-8(10(7)14)12-9(13)5-6-11/h2-4,14H,5-6,11H2,1H3,(H,12,13). The zero-order chi connectivity index (χ0) is 10.6. The molecule has 0 aliphatic heterocycles. The topological polar surface area (TPSA) is 75.4 Å². The summed E-state index contributed by atoms with van der Waals surface area (Å²) < 4.78 is 0. The first-order valence-corrected chi connectivity index (χ1v) is 4.43. The van der Waals surface area contributed by atoms with Gasteiger partial charge in [-0.3, -0.25) is 4.79 Å². The van der Waals surface area contributed by atoms with Crippen molar-refractivity contribution in [1.29, 1.82) is 0 Å². The highest BCUT2D eigenvalue weighted by Gasteiger charge is 2.06. The van der Waals surface area contributed by atoms with Crippen LogP contribution in [0.1, 0.15) is 12.0 Å². The number of aryl methyl sites for hydroxylation is 1. The van der Waals surface area contributed by atoms with Gasteiger partial charge < -0.3 is 16.2 Å². The van der Waals surface area contributed by atoms with E-state index in [9.17, 15) is 9.90 Å². The van der Waals surface area contributed by atoms with E-state index < -0.39 is 0 Å². The van der Waals surface area contributed by atoms with E-state index in [4.69, 9.17) is 5.73 Å². The summed E-state index contributed by atoms with van der Waals surface area (Å²) in [5.41, 5.74) is 6.39. The molecule has 0 spiro atoms. The molecule has 0 saturated carbocycles. The van der Waals surface area contributed by atoms with Crippen LogP contribution in [0.2, 0.25) is 0 Å². The number of para-hydroxylation sites is 1. The van der Waals surface area contributed by atoms with Crippen molar-refractivity contribution < 1.29 is 9.90 Å². The lowest BCUT2D eigenvalue weighted by atomic mass is 10.2. The van der Waals surface area contributed by atoms with Crippen LogP contribution in [0.25, 0.3) is 0 Å². The number of phenolic OH excluding ortho intramolecular Hbond substituents is 1. The van der Waals surface area contributed by atoms with Crippen molar-refractivity contribution in [2.45, 2.75) is 13.3 Å². The second-order valence-electron chi connectivity index (χ2n) is 3.06. The number of anilines is 1. The number of amides is 1. The Bertz CT molecular complexity index is 337. The van der Waals surface area contributed by atoms with Crippen molar-refractivity contribution in [3.63, 3.8) is 0 Å². The van der Waals surface area contributed by atoms with Crippen LogP contribution in [-0.2, 0) is 4.79 Å². The summed E-state index contributed by atoms with van der Waals surface area (Å²) in [4.78, 5) is 11.2. The number of hydrogen-bond donors (Lipinski definition) is 3. The van der Waals surface area contributed by atoms with Crippen LogP contribution in [0.5, 0.6) is 5.75 Å². The predicted molar refractivity (Wildman–Crippen MR) is 55.1 cm³/mol. The Hall–Kier alpha value is -1.55. The first kappa shape index (κ1) is 10.5. The van der Waals surface area contributed by atoms with Gasteiger partial charge in [-0.15, -0.1) is 0 Å². The van der Waals surface area contributed by atoms with E-state index in [1.807, 2.05) is 0 Å². The quantitative estimate of drug-likeness (QED) is 0.628. The fraction of sp³-hybridized carbons (Fsp3) is 0.300. The molecule has 0 atom stereocenters. The highest BCUT2D eigenvalue weighted by atomic mass is 16.3. The van der Waals surface area contributed by atoms with Gasteiger partial charge in [0.1, 0.15) is 5.75 Å². The highest BCUT2D eigenvalue weighted by Crippen LogP contribution is 2.26. The number of rotatable bonds is 3. The maximum absolute atomic E-state index is 11.2. The Labute approximate surface area is 82.7 Å². The van der Waals surface area contributed by atoms with Crippen LogP contribution in [0.15, 0.2) is 18.2 Å². The van der Waals surface area contributed by atoms with E-state index in [1.165, 1.54) is 0 Å². The third-order valence-electron chi connectivity index (χ3n) is 1.88. The van der Waals surface area contributed by atoms with Gasteiger partial charge in [-0.05, 0) is 18.6 Å². The van der Waals surface area contributed by atoms with E-state index in [0.717, 1.165) is 5.56 Å². The third-order valence-corrected chi connectivity index (χ3v) is 1.88. The number of nitrogens with one attached hydrogen (secondary N) is 1. The molecule has 1 rings (SSSR count). The Balaban J connectivity index is 2.76. The molecule has 0 unspecified atom stereocenters. The summed E-state index contributed by atoms with van der Waals surface area (Å²) in [7, 11) is 0. The van der Waals surface area contributed by atoms with Crippen molar-refractivity contribution in [1.82, 2.24) is 0 Å². The van der Waals surface area contributed by atoms with Gasteiger partial charge >= 0.3 is 0 Å². The second-order valence-corrected chi connectivity index (χ2v) is 3.06. The molecule has 14 heavy (non-hydrogen) atoms. The third kappa shape index (κ3) is 2.47. The Kier molecular flexibility index (Phi) is 3.48. The molecule has 76 valence electrons. The molecule has 0 aromatic heterocycles. The maximum Gasteiger partial charge on any atom is 0.225 e. The molecule has 4 nitrogen and oxygen atoms in total. The minimum Gasteiger partial charge on any atom is -0.505 e. The smallest absolute Gasteiger partial charge is 0.225 e. The van der Waals surface area contributed by atoms with Crippen molar-refractivity contribution in [3.8, 4) is 5.75 Å². The lowest BCUT2D eigenvalue weighted by molar-refractivity contribution is -0.116. The minimum absolute atomic E-state index is 0.109. The molecular weight excluding hydrogens is 180 g/mol. The molecule has 0 heterocycles. The molecule has 4 heteroatoms. The van der Waals surface area contributed by atoms with Gasteiger partial charge in [0.25, 0.3) is 0 Å². The van der Waals surface area contributed by atoms with E-state index in [0.29, 0.717) is 12.2 Å². The van der Waals surface area contributed by atoms with E-state index in [1.54, 1.807) is 25.1 Å². The van der Waals surface area contributed by atoms with Crippen LogP contribution in [-0.4, -0.2) is 17.6 Å². The Morgan fingerprint density at radius 2 is 2.29 bits per heavy atom. The van der Waals surface area contributed by atoms with Gasteiger partial charge in [0.15, 0.2) is 0 Å². The fourth-order valence-electron chi connectivity index (χ4n) is 1.10. The summed E-state index contributed by atoms with van der Waals surface area (Å²) in [5, 5.41) is 12.2. The lowest BCUT2D eigenvalue weighted by Gasteiger charge is -2.07. The Morgan fingerprint density at radius 3 is 2.93 bits per heavy atom. The molecular formula is C10H14N2O2. The fourth-order valence-corrected chi connectivity index (χ4v) is 1.10. The number of nitrogens with two attached hydrogens (primary N) is 1. The average molecular weight is 194 g/mol. The number of aromatic hydroxyl groups is 1. The first-order valence-electron chi connectivity index (χ1n) is 4.43. The van der Waals surface area contributed by atoms with Crippen molar-refractivity contribution in [2.24, 2.45) is 5.73 Å². The van der Waals surface area contributed by atoms with Gasteiger partial charge in [0.05, 0.1) is 5.69 Å². The zero-order valence-corrected chi connectivity index (χ0v) is 8.08. The number of phenols is 1. The summed E-state index contributed by atoms with van der Waals surface area (Å²) in [6, 6.07) is 5.19. The second kappa shape index (κ2) is 4.62. The van der Waals surface area contributed by atoms with Gasteiger partial charge in [-0.2, -0.15) is 0 Å². The maximum atomic E-state index is 11.2. The first-order chi connectivity index (χ1) is 6.65. The number of benzene rings is 1. The summed E-state index contributed by atoms with van der Waals surface area (Å²) in [5.74, 6) is -0.0775. The van der Waals surface area contributed by atoms with Gasteiger partial charge in [0.2, 0.25) is 5.91 Å². The highest BCUT2D eigenvalue weighted by molar-refractivity contribution is 5.92. The number of hydrogen-bond acceptors (Lipinski definition) is 3. The monoisotopic (exact) mass is 194 g/mol. The molecule has 0 aliphatic carbocycles.